The number of amides is 2. The standard InChI is InChI=1S/C9H13N3O2/c1-6-4-5-10-8(7(6)2)11-9(13)12-14-3/h4-5H,1-3H3,(H2,10,11,12,13). The Kier molecular flexibility index (Phi) is 3.41. The number of hydrogen-bond acceptors (Lipinski definition) is 3. The van der Waals surface area contributed by atoms with E-state index in [1.165, 1.54) is 7.11 Å². The van der Waals surface area contributed by atoms with Crippen molar-refractivity contribution in [3.8, 4) is 0 Å². The summed E-state index contributed by atoms with van der Waals surface area (Å²) in [5, 5.41) is 2.57. The number of nitrogens with zero attached hydrogens (tertiary/aromatic N) is 1. The Morgan fingerprint density at radius 1 is 1.50 bits per heavy atom. The molecule has 0 aromatic carbocycles. The lowest BCUT2D eigenvalue weighted by Crippen LogP contribution is -2.28. The van der Waals surface area contributed by atoms with Crippen molar-refractivity contribution in [1.82, 2.24) is 10.5 Å². The van der Waals surface area contributed by atoms with Crippen molar-refractivity contribution in [2.24, 2.45) is 0 Å². The van der Waals surface area contributed by atoms with E-state index in [0.29, 0.717) is 5.82 Å². The van der Waals surface area contributed by atoms with Gasteiger partial charge < -0.3 is 0 Å². The maximum atomic E-state index is 11.1. The van der Waals surface area contributed by atoms with E-state index < -0.39 is 6.03 Å². The highest BCUT2D eigenvalue weighted by molar-refractivity contribution is 5.88. The molecule has 14 heavy (non-hydrogen) atoms. The summed E-state index contributed by atoms with van der Waals surface area (Å²) in [7, 11) is 1.37. The number of hydroxylamine groups is 1. The van der Waals surface area contributed by atoms with Gasteiger partial charge in [-0.1, -0.05) is 0 Å². The van der Waals surface area contributed by atoms with Gasteiger partial charge in [-0.15, -0.1) is 0 Å². The van der Waals surface area contributed by atoms with E-state index in [4.69, 9.17) is 0 Å². The van der Waals surface area contributed by atoms with Gasteiger partial charge in [0.25, 0.3) is 0 Å². The molecule has 1 rings (SSSR count). The lowest BCUT2D eigenvalue weighted by atomic mass is 10.2. The van der Waals surface area contributed by atoms with Crippen LogP contribution in [0, 0.1) is 13.8 Å². The van der Waals surface area contributed by atoms with Gasteiger partial charge in [0.2, 0.25) is 0 Å². The van der Waals surface area contributed by atoms with Crippen LogP contribution in [-0.4, -0.2) is 18.1 Å². The van der Waals surface area contributed by atoms with Crippen LogP contribution in [0.4, 0.5) is 10.6 Å². The average molecular weight is 195 g/mol. The molecule has 1 aromatic heterocycles. The number of carbonyl (C=O) groups excluding carboxylic acids is 1. The Morgan fingerprint density at radius 2 is 2.21 bits per heavy atom. The van der Waals surface area contributed by atoms with Crippen LogP contribution < -0.4 is 10.8 Å². The molecular formula is C9H13N3O2. The zero-order chi connectivity index (χ0) is 10.6. The molecule has 76 valence electrons. The van der Waals surface area contributed by atoms with E-state index in [1.54, 1.807) is 6.20 Å². The molecule has 1 heterocycles. The third-order valence-corrected chi connectivity index (χ3v) is 1.90. The average Bonchev–Trinajstić information content (AvgIpc) is 2.13. The minimum atomic E-state index is -0.436. The van der Waals surface area contributed by atoms with Crippen molar-refractivity contribution in [3.05, 3.63) is 23.4 Å². The molecule has 0 aliphatic heterocycles. The molecule has 0 spiro atoms. The molecule has 5 nitrogen and oxygen atoms in total. The van der Waals surface area contributed by atoms with Crippen molar-refractivity contribution in [2.75, 3.05) is 12.4 Å². The third kappa shape index (κ3) is 2.43. The van der Waals surface area contributed by atoms with Crippen LogP contribution in [0.3, 0.4) is 0 Å². The largest absolute Gasteiger partial charge is 0.344 e. The van der Waals surface area contributed by atoms with Gasteiger partial charge in [-0.25, -0.2) is 15.3 Å². The van der Waals surface area contributed by atoms with E-state index in [0.717, 1.165) is 11.1 Å². The first-order chi connectivity index (χ1) is 6.65. The molecular weight excluding hydrogens is 182 g/mol. The van der Waals surface area contributed by atoms with E-state index >= 15 is 0 Å². The topological polar surface area (TPSA) is 63.2 Å². The zero-order valence-electron chi connectivity index (χ0n) is 8.42. The number of rotatable bonds is 2. The highest BCUT2D eigenvalue weighted by Crippen LogP contribution is 2.14. The smallest absolute Gasteiger partial charge is 0.290 e. The monoisotopic (exact) mass is 195 g/mol. The molecule has 0 aliphatic rings. The van der Waals surface area contributed by atoms with Crippen LogP contribution in [0.25, 0.3) is 0 Å². The minimum absolute atomic E-state index is 0.436. The van der Waals surface area contributed by atoms with Crippen molar-refractivity contribution >= 4 is 11.8 Å². The first-order valence-electron chi connectivity index (χ1n) is 4.17. The Hall–Kier alpha value is -1.62. The highest BCUT2D eigenvalue weighted by atomic mass is 16.6. The molecule has 0 aliphatic carbocycles. The summed E-state index contributed by atoms with van der Waals surface area (Å²) in [6.07, 6.45) is 1.64. The fourth-order valence-corrected chi connectivity index (χ4v) is 0.984. The van der Waals surface area contributed by atoms with Crippen molar-refractivity contribution < 1.29 is 9.63 Å². The van der Waals surface area contributed by atoms with Gasteiger partial charge in [0, 0.05) is 6.20 Å². The summed E-state index contributed by atoms with van der Waals surface area (Å²) in [6.45, 7) is 3.85. The number of carbonyl (C=O) groups is 1. The summed E-state index contributed by atoms with van der Waals surface area (Å²) in [5.41, 5.74) is 4.17. The van der Waals surface area contributed by atoms with E-state index in [1.807, 2.05) is 19.9 Å². The predicted molar refractivity (Wildman–Crippen MR) is 52.9 cm³/mol. The fourth-order valence-electron chi connectivity index (χ4n) is 0.984. The van der Waals surface area contributed by atoms with E-state index in [2.05, 4.69) is 20.6 Å². The maximum Gasteiger partial charge on any atom is 0.344 e. The highest BCUT2D eigenvalue weighted by Gasteiger charge is 2.05. The van der Waals surface area contributed by atoms with Gasteiger partial charge in [0.1, 0.15) is 5.82 Å². The van der Waals surface area contributed by atoms with Gasteiger partial charge in [0.05, 0.1) is 7.11 Å². The first kappa shape index (κ1) is 10.5. The second-order valence-electron chi connectivity index (χ2n) is 2.86. The van der Waals surface area contributed by atoms with Crippen LogP contribution in [0.15, 0.2) is 12.3 Å². The molecule has 0 fully saturated rings. The molecule has 0 bridgehead atoms. The van der Waals surface area contributed by atoms with Crippen molar-refractivity contribution in [2.45, 2.75) is 13.8 Å². The number of pyridine rings is 1. The molecule has 1 aromatic rings. The van der Waals surface area contributed by atoms with Crippen molar-refractivity contribution in [1.29, 1.82) is 0 Å². The van der Waals surface area contributed by atoms with Gasteiger partial charge >= 0.3 is 6.03 Å². The lowest BCUT2D eigenvalue weighted by Gasteiger charge is -2.08. The van der Waals surface area contributed by atoms with Crippen LogP contribution >= 0.6 is 0 Å². The lowest BCUT2D eigenvalue weighted by molar-refractivity contribution is 0.114. The second kappa shape index (κ2) is 4.57. The number of urea groups is 1. The minimum Gasteiger partial charge on any atom is -0.290 e. The number of aromatic nitrogens is 1. The molecule has 2 N–H and O–H groups in total. The summed E-state index contributed by atoms with van der Waals surface area (Å²) in [5.74, 6) is 0.541. The maximum absolute atomic E-state index is 11.1. The SMILES string of the molecule is CONC(=O)Nc1nccc(C)c1C. The molecule has 0 atom stereocenters. The van der Waals surface area contributed by atoms with E-state index in [-0.39, 0.29) is 0 Å². The normalized spacial score (nSPS) is 9.64. The Morgan fingerprint density at radius 3 is 2.86 bits per heavy atom. The molecule has 0 radical (unpaired) electrons. The van der Waals surface area contributed by atoms with Gasteiger partial charge in [-0.3, -0.25) is 10.2 Å². The second-order valence-corrected chi connectivity index (χ2v) is 2.86. The van der Waals surface area contributed by atoms with Crippen LogP contribution in [0.1, 0.15) is 11.1 Å². The fraction of sp³-hybridized carbons (Fsp3) is 0.333. The first-order valence-corrected chi connectivity index (χ1v) is 4.17. The Labute approximate surface area is 82.4 Å². The quantitative estimate of drug-likeness (QED) is 0.701. The van der Waals surface area contributed by atoms with Crippen molar-refractivity contribution in [3.63, 3.8) is 0 Å². The summed E-state index contributed by atoms with van der Waals surface area (Å²) in [4.78, 5) is 19.6. The third-order valence-electron chi connectivity index (χ3n) is 1.90. The zero-order valence-corrected chi connectivity index (χ0v) is 8.42. The molecule has 0 saturated heterocycles. The number of anilines is 1. The number of hydrogen-bond donors (Lipinski definition) is 2. The molecule has 0 saturated carbocycles. The van der Waals surface area contributed by atoms with E-state index in [9.17, 15) is 4.79 Å². The number of nitrogens with one attached hydrogen (secondary N) is 2. The summed E-state index contributed by atoms with van der Waals surface area (Å²) >= 11 is 0. The molecule has 5 heteroatoms. The van der Waals surface area contributed by atoms with Gasteiger partial charge in [-0.2, -0.15) is 0 Å². The number of aryl methyl sites for hydroxylation is 1. The van der Waals surface area contributed by atoms with Crippen LogP contribution in [0.5, 0.6) is 0 Å². The Bertz CT molecular complexity index is 339. The Balaban J connectivity index is 2.76. The predicted octanol–water partition coefficient (Wildman–Crippen LogP) is 1.38. The molecule has 0 unspecified atom stereocenters. The van der Waals surface area contributed by atoms with Gasteiger partial charge in [0.15, 0.2) is 0 Å². The molecule has 2 amide bonds. The van der Waals surface area contributed by atoms with Crippen LogP contribution in [-0.2, 0) is 4.84 Å². The van der Waals surface area contributed by atoms with Gasteiger partial charge in [-0.05, 0) is 31.0 Å². The summed E-state index contributed by atoms with van der Waals surface area (Å²) < 4.78 is 0. The summed E-state index contributed by atoms with van der Waals surface area (Å²) in [6, 6.07) is 1.45. The van der Waals surface area contributed by atoms with Crippen LogP contribution in [0.2, 0.25) is 0 Å².